The minimum Gasteiger partial charge on any atom is -0.437 e. The van der Waals surface area contributed by atoms with Gasteiger partial charge in [-0.15, -0.1) is 0 Å². The van der Waals surface area contributed by atoms with Crippen LogP contribution in [0.1, 0.15) is 25.3 Å². The molecular weight excluding hydrogens is 332 g/mol. The summed E-state index contributed by atoms with van der Waals surface area (Å²) in [6, 6.07) is 7.93. The van der Waals surface area contributed by atoms with Gasteiger partial charge in [0.25, 0.3) is 0 Å². The van der Waals surface area contributed by atoms with Gasteiger partial charge in [0, 0.05) is 27.3 Å². The third kappa shape index (κ3) is 5.31. The molecule has 2 rings (SSSR count). The Morgan fingerprint density at radius 2 is 1.62 bits per heavy atom. The van der Waals surface area contributed by atoms with Crippen LogP contribution in [0.3, 0.4) is 0 Å². The molecular formula is C19H28N4O3. The van der Waals surface area contributed by atoms with Gasteiger partial charge in [0.05, 0.1) is 13.2 Å². The first-order valence-corrected chi connectivity index (χ1v) is 8.68. The summed E-state index contributed by atoms with van der Waals surface area (Å²) < 4.78 is 16.2. The topological polar surface area (TPSA) is 82.7 Å². The Kier molecular flexibility index (Phi) is 7.62. The van der Waals surface area contributed by atoms with Gasteiger partial charge in [-0.3, -0.25) is 0 Å². The van der Waals surface area contributed by atoms with E-state index in [-0.39, 0.29) is 0 Å². The first-order chi connectivity index (χ1) is 12.6. The van der Waals surface area contributed by atoms with E-state index in [1.807, 2.05) is 29.2 Å². The number of rotatable bonds is 10. The summed E-state index contributed by atoms with van der Waals surface area (Å²) in [7, 11) is 3.32. The number of hydrogen-bond acceptors (Lipinski definition) is 7. The molecule has 0 saturated heterocycles. The predicted molar refractivity (Wildman–Crippen MR) is 103 cm³/mol. The maximum atomic E-state index is 6.28. The summed E-state index contributed by atoms with van der Waals surface area (Å²) in [5, 5.41) is 0. The Labute approximate surface area is 155 Å². The second kappa shape index (κ2) is 9.94. The van der Waals surface area contributed by atoms with Crippen molar-refractivity contribution in [2.45, 2.75) is 19.8 Å². The van der Waals surface area contributed by atoms with Crippen LogP contribution in [-0.2, 0) is 9.47 Å². The van der Waals surface area contributed by atoms with E-state index in [2.05, 4.69) is 23.8 Å². The first-order valence-electron chi connectivity index (χ1n) is 8.68. The molecule has 2 N–H and O–H groups in total. The minimum atomic E-state index is 0.340. The Balaban J connectivity index is 2.20. The highest BCUT2D eigenvalue weighted by Gasteiger charge is 2.16. The molecule has 2 aromatic rings. The van der Waals surface area contributed by atoms with Crippen LogP contribution in [0, 0.1) is 0 Å². The van der Waals surface area contributed by atoms with Crippen molar-refractivity contribution in [2.75, 3.05) is 51.2 Å². The number of aromatic nitrogens is 2. The summed E-state index contributed by atoms with van der Waals surface area (Å²) in [4.78, 5) is 10.5. The highest BCUT2D eigenvalue weighted by Crippen LogP contribution is 2.31. The van der Waals surface area contributed by atoms with Gasteiger partial charge in [-0.1, -0.05) is 26.0 Å². The van der Waals surface area contributed by atoms with Crippen molar-refractivity contribution in [1.29, 1.82) is 0 Å². The molecule has 7 heteroatoms. The molecule has 0 aliphatic heterocycles. The molecule has 142 valence electrons. The van der Waals surface area contributed by atoms with Crippen molar-refractivity contribution in [3.8, 4) is 11.6 Å². The molecule has 0 unspecified atom stereocenters. The zero-order valence-corrected chi connectivity index (χ0v) is 15.9. The fourth-order valence-corrected chi connectivity index (χ4v) is 2.46. The van der Waals surface area contributed by atoms with Crippen LogP contribution in [0.25, 0.3) is 0 Å². The third-order valence-electron chi connectivity index (χ3n) is 4.02. The van der Waals surface area contributed by atoms with Crippen LogP contribution >= 0.6 is 0 Å². The van der Waals surface area contributed by atoms with Crippen molar-refractivity contribution < 1.29 is 14.2 Å². The molecule has 0 bridgehead atoms. The van der Waals surface area contributed by atoms with Crippen LogP contribution in [0.15, 0.2) is 30.6 Å². The first kappa shape index (κ1) is 19.9. The molecule has 0 fully saturated rings. The molecule has 7 nitrogen and oxygen atoms in total. The lowest BCUT2D eigenvalue weighted by molar-refractivity contribution is 0.190. The van der Waals surface area contributed by atoms with Crippen LogP contribution in [0.5, 0.6) is 11.6 Å². The molecule has 1 aromatic carbocycles. The normalized spacial score (nSPS) is 11.0. The second-order valence-electron chi connectivity index (χ2n) is 6.21. The van der Waals surface area contributed by atoms with E-state index >= 15 is 0 Å². The molecule has 0 aliphatic carbocycles. The van der Waals surface area contributed by atoms with Crippen LogP contribution in [-0.4, -0.2) is 50.5 Å². The fraction of sp³-hybridized carbons (Fsp3) is 0.474. The smallest absolute Gasteiger partial charge is 0.248 e. The van der Waals surface area contributed by atoms with Gasteiger partial charge in [0.1, 0.15) is 17.8 Å². The monoisotopic (exact) mass is 360 g/mol. The summed E-state index contributed by atoms with van der Waals surface area (Å²) in [5.74, 6) is 2.11. The average molecular weight is 360 g/mol. The number of nitrogens with two attached hydrogens (primary N) is 1. The molecule has 0 aliphatic rings. The van der Waals surface area contributed by atoms with Crippen molar-refractivity contribution in [3.63, 3.8) is 0 Å². The van der Waals surface area contributed by atoms with E-state index in [4.69, 9.17) is 19.9 Å². The highest BCUT2D eigenvalue weighted by molar-refractivity contribution is 5.68. The van der Waals surface area contributed by atoms with E-state index in [1.165, 1.54) is 11.9 Å². The fourth-order valence-electron chi connectivity index (χ4n) is 2.46. The number of hydrogen-bond donors (Lipinski definition) is 1. The molecule has 0 spiro atoms. The largest absolute Gasteiger partial charge is 0.437 e. The number of methoxy groups -OCH3 is 2. The Morgan fingerprint density at radius 1 is 1.00 bits per heavy atom. The minimum absolute atomic E-state index is 0.340. The molecule has 0 radical (unpaired) electrons. The summed E-state index contributed by atoms with van der Waals surface area (Å²) in [5.41, 5.74) is 7.93. The lowest BCUT2D eigenvalue weighted by Crippen LogP contribution is -2.32. The number of nitrogen functional groups attached to an aromatic ring is 1. The predicted octanol–water partition coefficient (Wildman–Crippen LogP) is 3.07. The average Bonchev–Trinajstić information content (AvgIpc) is 2.64. The van der Waals surface area contributed by atoms with Gasteiger partial charge < -0.3 is 24.8 Å². The van der Waals surface area contributed by atoms with Gasteiger partial charge >= 0.3 is 0 Å². The lowest BCUT2D eigenvalue weighted by atomic mass is 10.0. The number of nitrogens with zero attached hydrogens (tertiary/aromatic N) is 3. The van der Waals surface area contributed by atoms with Gasteiger partial charge in [0.15, 0.2) is 5.82 Å². The quantitative estimate of drug-likeness (QED) is 0.697. The Morgan fingerprint density at radius 3 is 2.15 bits per heavy atom. The SMILES string of the molecule is COCCN(CCOC)c1ncnc(Oc2ccc(C(C)C)cc2)c1N. The van der Waals surface area contributed by atoms with Crippen LogP contribution < -0.4 is 15.4 Å². The van der Waals surface area contributed by atoms with E-state index < -0.39 is 0 Å². The third-order valence-corrected chi connectivity index (χ3v) is 4.02. The second-order valence-corrected chi connectivity index (χ2v) is 6.21. The van der Waals surface area contributed by atoms with Gasteiger partial charge in [0.2, 0.25) is 5.88 Å². The zero-order valence-electron chi connectivity index (χ0n) is 15.9. The van der Waals surface area contributed by atoms with E-state index in [1.54, 1.807) is 14.2 Å². The number of ether oxygens (including phenoxy) is 3. The van der Waals surface area contributed by atoms with E-state index in [0.29, 0.717) is 55.4 Å². The van der Waals surface area contributed by atoms with E-state index in [9.17, 15) is 0 Å². The molecule has 1 aromatic heterocycles. The zero-order chi connectivity index (χ0) is 18.9. The molecule has 1 heterocycles. The number of anilines is 2. The van der Waals surface area contributed by atoms with Crippen molar-refractivity contribution in [3.05, 3.63) is 36.2 Å². The van der Waals surface area contributed by atoms with Crippen molar-refractivity contribution >= 4 is 11.5 Å². The Bertz CT molecular complexity index is 669. The van der Waals surface area contributed by atoms with Crippen LogP contribution in [0.2, 0.25) is 0 Å². The maximum absolute atomic E-state index is 6.28. The Hall–Kier alpha value is -2.38. The van der Waals surface area contributed by atoms with Crippen molar-refractivity contribution in [2.24, 2.45) is 0 Å². The highest BCUT2D eigenvalue weighted by atomic mass is 16.5. The maximum Gasteiger partial charge on any atom is 0.248 e. The van der Waals surface area contributed by atoms with Crippen molar-refractivity contribution in [1.82, 2.24) is 9.97 Å². The summed E-state index contributed by atoms with van der Waals surface area (Å²) in [6.45, 7) is 6.70. The number of benzene rings is 1. The van der Waals surface area contributed by atoms with Gasteiger partial charge in [-0.2, -0.15) is 4.98 Å². The molecule has 0 saturated carbocycles. The summed E-state index contributed by atoms with van der Waals surface area (Å²) >= 11 is 0. The standard InChI is InChI=1S/C19H28N4O3/c1-14(2)15-5-7-16(8-6-15)26-19-17(20)18(21-13-22-19)23(9-11-24-3)10-12-25-4/h5-8,13-14H,9-12,20H2,1-4H3. The lowest BCUT2D eigenvalue weighted by Gasteiger charge is -2.24. The molecule has 0 atom stereocenters. The van der Waals surface area contributed by atoms with E-state index in [0.717, 1.165) is 0 Å². The van der Waals surface area contributed by atoms with Gasteiger partial charge in [-0.25, -0.2) is 4.98 Å². The van der Waals surface area contributed by atoms with Gasteiger partial charge in [-0.05, 0) is 23.6 Å². The summed E-state index contributed by atoms with van der Waals surface area (Å²) in [6.07, 6.45) is 1.45. The van der Waals surface area contributed by atoms with Crippen LogP contribution in [0.4, 0.5) is 11.5 Å². The molecule has 0 amide bonds. The molecule has 26 heavy (non-hydrogen) atoms.